The molecular formula is C15H22N2O2. The van der Waals surface area contributed by atoms with Gasteiger partial charge in [0.25, 0.3) is 0 Å². The van der Waals surface area contributed by atoms with Crippen LogP contribution in [0.5, 0.6) is 0 Å². The van der Waals surface area contributed by atoms with Crippen molar-refractivity contribution in [1.29, 1.82) is 0 Å². The molecule has 1 aliphatic heterocycles. The molecule has 1 aliphatic rings. The summed E-state index contributed by atoms with van der Waals surface area (Å²) in [5.74, 6) is -0.771. The lowest BCUT2D eigenvalue weighted by Gasteiger charge is -2.22. The Morgan fingerprint density at radius 1 is 1.42 bits per heavy atom. The van der Waals surface area contributed by atoms with Gasteiger partial charge in [0.2, 0.25) is 0 Å². The van der Waals surface area contributed by atoms with E-state index in [1.54, 1.807) is 0 Å². The van der Waals surface area contributed by atoms with Gasteiger partial charge in [0.15, 0.2) is 0 Å². The number of hydrogen-bond donors (Lipinski definition) is 2. The lowest BCUT2D eigenvalue weighted by atomic mass is 10.0. The largest absolute Gasteiger partial charge is 0.481 e. The molecule has 19 heavy (non-hydrogen) atoms. The summed E-state index contributed by atoms with van der Waals surface area (Å²) in [6.45, 7) is 2.94. The number of hydrogen-bond acceptors (Lipinski definition) is 3. The van der Waals surface area contributed by atoms with Crippen molar-refractivity contribution < 1.29 is 9.90 Å². The SMILES string of the molecule is CN(Cc1ccccc1CC(=O)O)CC1CCCN1. The fourth-order valence-corrected chi connectivity index (χ4v) is 2.69. The van der Waals surface area contributed by atoms with E-state index in [1.165, 1.54) is 12.8 Å². The maximum atomic E-state index is 10.9. The molecule has 1 unspecified atom stereocenters. The normalized spacial score (nSPS) is 18.9. The average Bonchev–Trinajstić information content (AvgIpc) is 2.83. The number of rotatable bonds is 6. The van der Waals surface area contributed by atoms with Crippen molar-refractivity contribution in [2.45, 2.75) is 31.8 Å². The second-order valence-electron chi connectivity index (χ2n) is 5.33. The maximum Gasteiger partial charge on any atom is 0.307 e. The van der Waals surface area contributed by atoms with E-state index in [9.17, 15) is 4.79 Å². The third-order valence-electron chi connectivity index (χ3n) is 3.59. The number of nitrogens with zero attached hydrogens (tertiary/aromatic N) is 1. The smallest absolute Gasteiger partial charge is 0.307 e. The molecule has 1 aromatic rings. The molecule has 1 heterocycles. The molecule has 0 aliphatic carbocycles. The van der Waals surface area contributed by atoms with Crippen LogP contribution in [-0.4, -0.2) is 42.2 Å². The standard InChI is InChI=1S/C15H22N2O2/c1-17(11-14-7-4-8-16-14)10-13-6-3-2-5-12(13)9-15(18)19/h2-3,5-6,14,16H,4,7-11H2,1H3,(H,18,19). The molecule has 4 nitrogen and oxygen atoms in total. The topological polar surface area (TPSA) is 52.6 Å². The zero-order valence-electron chi connectivity index (χ0n) is 11.4. The lowest BCUT2D eigenvalue weighted by molar-refractivity contribution is -0.136. The number of likely N-dealkylation sites (N-methyl/N-ethyl adjacent to an activating group) is 1. The van der Waals surface area contributed by atoms with Crippen LogP contribution in [0.4, 0.5) is 0 Å². The van der Waals surface area contributed by atoms with Gasteiger partial charge in [0, 0.05) is 19.1 Å². The van der Waals surface area contributed by atoms with Gasteiger partial charge < -0.3 is 15.3 Å². The number of carbonyl (C=O) groups is 1. The summed E-state index contributed by atoms with van der Waals surface area (Å²) in [4.78, 5) is 13.1. The Hall–Kier alpha value is -1.39. The van der Waals surface area contributed by atoms with Crippen molar-refractivity contribution >= 4 is 5.97 Å². The van der Waals surface area contributed by atoms with Crippen LogP contribution in [0.1, 0.15) is 24.0 Å². The molecular weight excluding hydrogens is 240 g/mol. The summed E-state index contributed by atoms with van der Waals surface area (Å²) in [7, 11) is 2.09. The van der Waals surface area contributed by atoms with Crippen molar-refractivity contribution in [1.82, 2.24) is 10.2 Å². The van der Waals surface area contributed by atoms with Gasteiger partial charge in [-0.25, -0.2) is 0 Å². The zero-order valence-corrected chi connectivity index (χ0v) is 11.4. The molecule has 0 saturated carbocycles. The van der Waals surface area contributed by atoms with Crippen LogP contribution >= 0.6 is 0 Å². The van der Waals surface area contributed by atoms with E-state index in [-0.39, 0.29) is 6.42 Å². The highest BCUT2D eigenvalue weighted by atomic mass is 16.4. The summed E-state index contributed by atoms with van der Waals surface area (Å²) >= 11 is 0. The molecule has 1 atom stereocenters. The molecule has 0 aromatic heterocycles. The Bertz CT molecular complexity index is 428. The molecule has 1 aromatic carbocycles. The second-order valence-corrected chi connectivity index (χ2v) is 5.33. The molecule has 0 spiro atoms. The summed E-state index contributed by atoms with van der Waals surface area (Å²) in [5.41, 5.74) is 2.03. The highest BCUT2D eigenvalue weighted by molar-refractivity contribution is 5.70. The molecule has 1 saturated heterocycles. The lowest BCUT2D eigenvalue weighted by Crippen LogP contribution is -2.35. The summed E-state index contributed by atoms with van der Waals surface area (Å²) < 4.78 is 0. The van der Waals surface area contributed by atoms with Crippen LogP contribution in [-0.2, 0) is 17.8 Å². The maximum absolute atomic E-state index is 10.9. The monoisotopic (exact) mass is 262 g/mol. The Morgan fingerprint density at radius 2 is 2.16 bits per heavy atom. The minimum atomic E-state index is -0.771. The fraction of sp³-hybridized carbons (Fsp3) is 0.533. The Kier molecular flexibility index (Phi) is 4.93. The molecule has 0 radical (unpaired) electrons. The first-order valence-corrected chi connectivity index (χ1v) is 6.85. The minimum absolute atomic E-state index is 0.103. The minimum Gasteiger partial charge on any atom is -0.481 e. The second kappa shape index (κ2) is 6.68. The average molecular weight is 262 g/mol. The molecule has 2 N–H and O–H groups in total. The molecule has 104 valence electrons. The quantitative estimate of drug-likeness (QED) is 0.815. The van der Waals surface area contributed by atoms with Crippen molar-refractivity contribution in [3.05, 3.63) is 35.4 Å². The first-order chi connectivity index (χ1) is 9.15. The van der Waals surface area contributed by atoms with Crippen LogP contribution in [0.3, 0.4) is 0 Å². The van der Waals surface area contributed by atoms with E-state index in [0.29, 0.717) is 6.04 Å². The summed E-state index contributed by atoms with van der Waals surface area (Å²) in [6, 6.07) is 8.39. The van der Waals surface area contributed by atoms with E-state index in [4.69, 9.17) is 5.11 Å². The van der Waals surface area contributed by atoms with Gasteiger partial charge in [-0.2, -0.15) is 0 Å². The van der Waals surface area contributed by atoms with E-state index in [2.05, 4.69) is 17.3 Å². The predicted molar refractivity (Wildman–Crippen MR) is 75.1 cm³/mol. The molecule has 2 rings (SSSR count). The molecule has 4 heteroatoms. The van der Waals surface area contributed by atoms with Crippen molar-refractivity contribution in [3.63, 3.8) is 0 Å². The van der Waals surface area contributed by atoms with Gasteiger partial charge in [-0.05, 0) is 37.6 Å². The van der Waals surface area contributed by atoms with Gasteiger partial charge in [-0.3, -0.25) is 4.79 Å². The summed E-state index contributed by atoms with van der Waals surface area (Å²) in [6.07, 6.45) is 2.60. The van der Waals surface area contributed by atoms with E-state index >= 15 is 0 Å². The van der Waals surface area contributed by atoms with Crippen LogP contribution in [0.2, 0.25) is 0 Å². The number of carboxylic acids is 1. The molecule has 0 amide bonds. The summed E-state index contributed by atoms with van der Waals surface area (Å²) in [5, 5.41) is 12.4. The first-order valence-electron chi connectivity index (χ1n) is 6.85. The zero-order chi connectivity index (χ0) is 13.7. The van der Waals surface area contributed by atoms with Crippen LogP contribution in [0.15, 0.2) is 24.3 Å². The van der Waals surface area contributed by atoms with Crippen LogP contribution < -0.4 is 5.32 Å². The van der Waals surface area contributed by atoms with Crippen LogP contribution in [0, 0.1) is 0 Å². The highest BCUT2D eigenvalue weighted by Gasteiger charge is 2.16. The highest BCUT2D eigenvalue weighted by Crippen LogP contribution is 2.13. The van der Waals surface area contributed by atoms with Crippen molar-refractivity contribution in [2.24, 2.45) is 0 Å². The van der Waals surface area contributed by atoms with Gasteiger partial charge in [0.05, 0.1) is 6.42 Å². The van der Waals surface area contributed by atoms with Crippen LogP contribution in [0.25, 0.3) is 0 Å². The van der Waals surface area contributed by atoms with Crippen molar-refractivity contribution in [2.75, 3.05) is 20.1 Å². The number of carboxylic acid groups (broad SMARTS) is 1. The predicted octanol–water partition coefficient (Wildman–Crippen LogP) is 1.50. The Balaban J connectivity index is 1.95. The van der Waals surface area contributed by atoms with Gasteiger partial charge >= 0.3 is 5.97 Å². The molecule has 0 bridgehead atoms. The van der Waals surface area contributed by atoms with Gasteiger partial charge in [0.1, 0.15) is 0 Å². The Labute approximate surface area is 114 Å². The third-order valence-corrected chi connectivity index (χ3v) is 3.59. The number of aliphatic carboxylic acids is 1. The number of nitrogens with one attached hydrogen (secondary N) is 1. The van der Waals surface area contributed by atoms with E-state index in [1.807, 2.05) is 24.3 Å². The third kappa shape index (κ3) is 4.33. The van der Waals surface area contributed by atoms with Crippen molar-refractivity contribution in [3.8, 4) is 0 Å². The number of benzene rings is 1. The van der Waals surface area contributed by atoms with E-state index < -0.39 is 5.97 Å². The Morgan fingerprint density at radius 3 is 2.79 bits per heavy atom. The fourth-order valence-electron chi connectivity index (χ4n) is 2.69. The van der Waals surface area contributed by atoms with E-state index in [0.717, 1.165) is 30.8 Å². The van der Waals surface area contributed by atoms with Gasteiger partial charge in [-0.15, -0.1) is 0 Å². The first kappa shape index (κ1) is 14.0. The molecule has 1 fully saturated rings. The van der Waals surface area contributed by atoms with Gasteiger partial charge in [-0.1, -0.05) is 24.3 Å².